The number of hydrogen-bond acceptors (Lipinski definition) is 3. The van der Waals surface area contributed by atoms with Crippen molar-refractivity contribution in [2.75, 3.05) is 6.54 Å². The summed E-state index contributed by atoms with van der Waals surface area (Å²) < 4.78 is 2.17. The fourth-order valence-electron chi connectivity index (χ4n) is 2.37. The van der Waals surface area contributed by atoms with Gasteiger partial charge in [-0.05, 0) is 31.5 Å². The summed E-state index contributed by atoms with van der Waals surface area (Å²) >= 11 is 0. The Bertz CT molecular complexity index is 518. The molecule has 0 aromatic carbocycles. The Morgan fingerprint density at radius 2 is 2.05 bits per heavy atom. The third-order valence-electron chi connectivity index (χ3n) is 3.34. The first kappa shape index (κ1) is 13.7. The van der Waals surface area contributed by atoms with Crippen molar-refractivity contribution in [1.82, 2.24) is 19.9 Å². The molecule has 19 heavy (non-hydrogen) atoms. The zero-order valence-electron chi connectivity index (χ0n) is 11.9. The molecule has 0 saturated heterocycles. The summed E-state index contributed by atoms with van der Waals surface area (Å²) in [7, 11) is 0. The number of imidazole rings is 1. The monoisotopic (exact) mass is 258 g/mol. The summed E-state index contributed by atoms with van der Waals surface area (Å²) in [6.45, 7) is 8.22. The molecule has 2 aromatic rings. The molecule has 1 unspecified atom stereocenters. The maximum Gasteiger partial charge on any atom is 0.132 e. The van der Waals surface area contributed by atoms with Crippen LogP contribution in [0.25, 0.3) is 0 Å². The summed E-state index contributed by atoms with van der Waals surface area (Å²) in [4.78, 5) is 9.10. The van der Waals surface area contributed by atoms with Crippen LogP contribution in [0.2, 0.25) is 0 Å². The molecule has 102 valence electrons. The number of hydrogen-bond donors (Lipinski definition) is 1. The normalized spacial score (nSPS) is 12.6. The van der Waals surface area contributed by atoms with Crippen LogP contribution in [0.4, 0.5) is 0 Å². The zero-order chi connectivity index (χ0) is 13.7. The Balaban J connectivity index is 2.45. The number of aryl methyl sites for hydroxylation is 2. The molecule has 2 rings (SSSR count). The molecule has 2 heterocycles. The van der Waals surface area contributed by atoms with Crippen molar-refractivity contribution in [2.24, 2.45) is 0 Å². The average molecular weight is 258 g/mol. The SMILES string of the molecule is CCNC(c1ncccc1CC)c1nccn1CC. The molecule has 0 aliphatic carbocycles. The predicted octanol–water partition coefficient (Wildman–Crippen LogP) is 2.56. The molecule has 4 nitrogen and oxygen atoms in total. The van der Waals surface area contributed by atoms with Crippen LogP contribution in [-0.4, -0.2) is 21.1 Å². The number of nitrogens with one attached hydrogen (secondary N) is 1. The van der Waals surface area contributed by atoms with Crippen molar-refractivity contribution in [3.63, 3.8) is 0 Å². The van der Waals surface area contributed by atoms with Crippen molar-refractivity contribution in [1.29, 1.82) is 0 Å². The van der Waals surface area contributed by atoms with Crippen LogP contribution in [-0.2, 0) is 13.0 Å². The Labute approximate surface area is 114 Å². The minimum atomic E-state index is 0.0658. The number of aromatic nitrogens is 3. The Morgan fingerprint density at radius 3 is 2.74 bits per heavy atom. The van der Waals surface area contributed by atoms with E-state index in [1.165, 1.54) is 5.56 Å². The van der Waals surface area contributed by atoms with E-state index in [9.17, 15) is 0 Å². The molecule has 2 aromatic heterocycles. The average Bonchev–Trinajstić information content (AvgIpc) is 2.93. The van der Waals surface area contributed by atoms with Gasteiger partial charge in [0.1, 0.15) is 11.9 Å². The van der Waals surface area contributed by atoms with E-state index in [4.69, 9.17) is 0 Å². The highest BCUT2D eigenvalue weighted by Gasteiger charge is 2.21. The molecule has 0 aliphatic heterocycles. The van der Waals surface area contributed by atoms with Gasteiger partial charge in [-0.15, -0.1) is 0 Å². The van der Waals surface area contributed by atoms with E-state index in [1.807, 2.05) is 24.7 Å². The summed E-state index contributed by atoms with van der Waals surface area (Å²) in [5.41, 5.74) is 2.37. The molecular formula is C15H22N4. The van der Waals surface area contributed by atoms with Crippen molar-refractivity contribution in [3.8, 4) is 0 Å². The topological polar surface area (TPSA) is 42.7 Å². The van der Waals surface area contributed by atoms with Crippen molar-refractivity contribution >= 4 is 0 Å². The van der Waals surface area contributed by atoms with E-state index in [-0.39, 0.29) is 6.04 Å². The largest absolute Gasteiger partial charge is 0.334 e. The molecule has 0 saturated carbocycles. The second-order valence-electron chi connectivity index (χ2n) is 4.46. The van der Waals surface area contributed by atoms with Gasteiger partial charge < -0.3 is 9.88 Å². The molecule has 4 heteroatoms. The van der Waals surface area contributed by atoms with Gasteiger partial charge >= 0.3 is 0 Å². The van der Waals surface area contributed by atoms with E-state index in [1.54, 1.807) is 0 Å². The number of rotatable bonds is 6. The van der Waals surface area contributed by atoms with Crippen LogP contribution in [0, 0.1) is 0 Å². The second-order valence-corrected chi connectivity index (χ2v) is 4.46. The summed E-state index contributed by atoms with van der Waals surface area (Å²) in [5, 5.41) is 3.50. The van der Waals surface area contributed by atoms with Crippen LogP contribution in [0.5, 0.6) is 0 Å². The van der Waals surface area contributed by atoms with E-state index in [0.29, 0.717) is 0 Å². The van der Waals surface area contributed by atoms with Crippen LogP contribution in [0.15, 0.2) is 30.7 Å². The quantitative estimate of drug-likeness (QED) is 0.866. The first-order valence-electron chi connectivity index (χ1n) is 6.99. The van der Waals surface area contributed by atoms with E-state index < -0.39 is 0 Å². The molecule has 1 N–H and O–H groups in total. The Kier molecular flexibility index (Phi) is 4.68. The third-order valence-corrected chi connectivity index (χ3v) is 3.34. The van der Waals surface area contributed by atoms with Crippen LogP contribution < -0.4 is 5.32 Å². The van der Waals surface area contributed by atoms with Crippen molar-refractivity contribution in [3.05, 3.63) is 47.8 Å². The molecule has 0 aliphatic rings. The lowest BCUT2D eigenvalue weighted by Gasteiger charge is -2.20. The predicted molar refractivity (Wildman–Crippen MR) is 77.0 cm³/mol. The number of pyridine rings is 1. The molecule has 0 spiro atoms. The summed E-state index contributed by atoms with van der Waals surface area (Å²) in [5.74, 6) is 1.04. The highest BCUT2D eigenvalue weighted by Crippen LogP contribution is 2.22. The summed E-state index contributed by atoms with van der Waals surface area (Å²) in [6.07, 6.45) is 6.72. The highest BCUT2D eigenvalue weighted by molar-refractivity contribution is 5.27. The van der Waals surface area contributed by atoms with Gasteiger partial charge in [0.2, 0.25) is 0 Å². The minimum absolute atomic E-state index is 0.0658. The second kappa shape index (κ2) is 6.48. The van der Waals surface area contributed by atoms with E-state index in [0.717, 1.165) is 31.0 Å². The molecule has 0 fully saturated rings. The van der Waals surface area contributed by atoms with Crippen LogP contribution >= 0.6 is 0 Å². The fraction of sp³-hybridized carbons (Fsp3) is 0.467. The van der Waals surface area contributed by atoms with Gasteiger partial charge in [0.05, 0.1) is 5.69 Å². The van der Waals surface area contributed by atoms with Crippen molar-refractivity contribution in [2.45, 2.75) is 39.8 Å². The van der Waals surface area contributed by atoms with Gasteiger partial charge in [-0.25, -0.2) is 4.98 Å². The zero-order valence-corrected chi connectivity index (χ0v) is 11.9. The van der Waals surface area contributed by atoms with E-state index >= 15 is 0 Å². The van der Waals surface area contributed by atoms with Gasteiger partial charge in [0, 0.05) is 25.1 Å². The number of nitrogens with zero attached hydrogens (tertiary/aromatic N) is 3. The van der Waals surface area contributed by atoms with Gasteiger partial charge in [-0.3, -0.25) is 4.98 Å². The maximum absolute atomic E-state index is 4.58. The standard InChI is InChI=1S/C15H22N4/c1-4-12-8-7-9-17-13(12)14(16-5-2)15-18-10-11-19(15)6-3/h7-11,14,16H,4-6H2,1-3H3. The summed E-state index contributed by atoms with van der Waals surface area (Å²) in [6, 6.07) is 4.21. The van der Waals surface area contributed by atoms with Gasteiger partial charge in [-0.1, -0.05) is 19.9 Å². The highest BCUT2D eigenvalue weighted by atomic mass is 15.1. The van der Waals surface area contributed by atoms with Crippen LogP contribution in [0.3, 0.4) is 0 Å². The van der Waals surface area contributed by atoms with Gasteiger partial charge in [0.15, 0.2) is 0 Å². The van der Waals surface area contributed by atoms with Crippen molar-refractivity contribution < 1.29 is 0 Å². The lowest BCUT2D eigenvalue weighted by molar-refractivity contribution is 0.544. The fourth-order valence-corrected chi connectivity index (χ4v) is 2.37. The van der Waals surface area contributed by atoms with E-state index in [2.05, 4.69) is 46.7 Å². The first-order chi connectivity index (χ1) is 9.31. The smallest absolute Gasteiger partial charge is 0.132 e. The third kappa shape index (κ3) is 2.84. The molecule has 0 bridgehead atoms. The Hall–Kier alpha value is -1.68. The minimum Gasteiger partial charge on any atom is -0.334 e. The molecule has 1 atom stereocenters. The maximum atomic E-state index is 4.58. The van der Waals surface area contributed by atoms with Crippen LogP contribution in [0.1, 0.15) is 43.9 Å². The Morgan fingerprint density at radius 1 is 1.21 bits per heavy atom. The lowest BCUT2D eigenvalue weighted by atomic mass is 10.0. The lowest BCUT2D eigenvalue weighted by Crippen LogP contribution is -2.27. The molecule has 0 amide bonds. The van der Waals surface area contributed by atoms with Gasteiger partial charge in [-0.2, -0.15) is 0 Å². The molecular weight excluding hydrogens is 236 g/mol. The first-order valence-corrected chi connectivity index (χ1v) is 6.99. The molecule has 0 radical (unpaired) electrons. The van der Waals surface area contributed by atoms with Gasteiger partial charge in [0.25, 0.3) is 0 Å².